The summed E-state index contributed by atoms with van der Waals surface area (Å²) >= 11 is 14.1. The van der Waals surface area contributed by atoms with Crippen LogP contribution in [0.3, 0.4) is 0 Å². The summed E-state index contributed by atoms with van der Waals surface area (Å²) in [5.74, 6) is -0.427. The number of hydrogen-bond acceptors (Lipinski definition) is 1. The van der Waals surface area contributed by atoms with E-state index in [1.807, 2.05) is 12.1 Å². The van der Waals surface area contributed by atoms with Crippen LogP contribution in [0, 0.1) is 0 Å². The Morgan fingerprint density at radius 3 is 2.43 bits per heavy atom. The second kappa shape index (κ2) is 5.39. The minimum atomic E-state index is -0.427. The van der Waals surface area contributed by atoms with Crippen LogP contribution in [0.1, 0.15) is 0 Å². The average molecular weight is 295 g/mol. The van der Waals surface area contributed by atoms with Crippen LogP contribution in [-0.4, -0.2) is 5.91 Å². The summed E-state index contributed by atoms with van der Waals surface area (Å²) in [4.78, 5) is 11.2. The lowest BCUT2D eigenvalue weighted by Gasteiger charge is -2.03. The first-order valence-corrected chi connectivity index (χ1v) is 5.27. The lowest BCUT2D eigenvalue weighted by molar-refractivity contribution is -0.112. The Bertz CT molecular complexity index is 362. The Morgan fingerprint density at radius 1 is 1.36 bits per heavy atom. The van der Waals surface area contributed by atoms with Gasteiger partial charge in [0, 0.05) is 15.7 Å². The standard InChI is InChI=1S/C9H6BrCl2NO/c10-6-1-3-7(4-2-6)13-9(14)8(12)5-11/h1-5H,(H,13,14)/b8-5-. The van der Waals surface area contributed by atoms with E-state index in [9.17, 15) is 4.79 Å². The predicted molar refractivity (Wildman–Crippen MR) is 62.6 cm³/mol. The molecular weight excluding hydrogens is 289 g/mol. The summed E-state index contributed by atoms with van der Waals surface area (Å²) in [6.45, 7) is 0. The van der Waals surface area contributed by atoms with Crippen molar-refractivity contribution in [2.45, 2.75) is 0 Å². The van der Waals surface area contributed by atoms with Crippen LogP contribution >= 0.6 is 39.1 Å². The lowest BCUT2D eigenvalue weighted by Crippen LogP contribution is -2.10. The average Bonchev–Trinajstić information content (AvgIpc) is 2.20. The molecule has 0 radical (unpaired) electrons. The molecule has 0 aliphatic carbocycles. The van der Waals surface area contributed by atoms with Crippen molar-refractivity contribution in [1.82, 2.24) is 0 Å². The summed E-state index contributed by atoms with van der Waals surface area (Å²) < 4.78 is 0.939. The third-order valence-electron chi connectivity index (χ3n) is 1.41. The van der Waals surface area contributed by atoms with E-state index in [1.54, 1.807) is 12.1 Å². The molecule has 1 N–H and O–H groups in total. The van der Waals surface area contributed by atoms with Crippen LogP contribution in [0.25, 0.3) is 0 Å². The number of halogens is 3. The summed E-state index contributed by atoms with van der Waals surface area (Å²) in [6, 6.07) is 7.13. The Labute approximate surface area is 100 Å². The van der Waals surface area contributed by atoms with Gasteiger partial charge in [-0.15, -0.1) is 0 Å². The van der Waals surface area contributed by atoms with Crippen LogP contribution in [0.5, 0.6) is 0 Å². The van der Waals surface area contributed by atoms with E-state index in [1.165, 1.54) is 0 Å². The van der Waals surface area contributed by atoms with Gasteiger partial charge in [-0.3, -0.25) is 4.79 Å². The predicted octanol–water partition coefficient (Wildman–Crippen LogP) is 3.71. The highest BCUT2D eigenvalue weighted by Crippen LogP contribution is 2.15. The van der Waals surface area contributed by atoms with Crippen LogP contribution in [0.2, 0.25) is 0 Å². The number of benzene rings is 1. The molecule has 74 valence electrons. The fourth-order valence-electron chi connectivity index (χ4n) is 0.774. The minimum Gasteiger partial charge on any atom is -0.321 e. The van der Waals surface area contributed by atoms with Gasteiger partial charge in [-0.25, -0.2) is 0 Å². The van der Waals surface area contributed by atoms with Crippen molar-refractivity contribution in [2.24, 2.45) is 0 Å². The molecule has 1 rings (SSSR count). The molecule has 0 aromatic heterocycles. The van der Waals surface area contributed by atoms with Gasteiger partial charge in [-0.1, -0.05) is 39.1 Å². The molecule has 14 heavy (non-hydrogen) atoms. The van der Waals surface area contributed by atoms with Gasteiger partial charge in [0.1, 0.15) is 5.03 Å². The zero-order valence-corrected chi connectivity index (χ0v) is 10.0. The van der Waals surface area contributed by atoms with E-state index in [4.69, 9.17) is 23.2 Å². The molecular formula is C9H6BrCl2NO. The van der Waals surface area contributed by atoms with Crippen molar-refractivity contribution >= 4 is 50.7 Å². The van der Waals surface area contributed by atoms with Crippen LogP contribution in [0.15, 0.2) is 39.3 Å². The first-order valence-electron chi connectivity index (χ1n) is 3.66. The van der Waals surface area contributed by atoms with Gasteiger partial charge in [0.25, 0.3) is 5.91 Å². The first-order chi connectivity index (χ1) is 6.63. The topological polar surface area (TPSA) is 29.1 Å². The van der Waals surface area contributed by atoms with E-state index in [0.717, 1.165) is 10.0 Å². The smallest absolute Gasteiger partial charge is 0.268 e. The van der Waals surface area contributed by atoms with Crippen molar-refractivity contribution in [2.75, 3.05) is 5.32 Å². The molecule has 0 saturated carbocycles. The molecule has 0 atom stereocenters. The third kappa shape index (κ3) is 3.33. The van der Waals surface area contributed by atoms with Gasteiger partial charge in [0.05, 0.1) is 0 Å². The highest BCUT2D eigenvalue weighted by molar-refractivity contribution is 9.10. The van der Waals surface area contributed by atoms with E-state index in [0.29, 0.717) is 5.69 Å². The number of anilines is 1. The van der Waals surface area contributed by atoms with E-state index in [2.05, 4.69) is 21.2 Å². The maximum absolute atomic E-state index is 11.2. The third-order valence-corrected chi connectivity index (χ3v) is 2.55. The summed E-state index contributed by atoms with van der Waals surface area (Å²) in [7, 11) is 0. The van der Waals surface area contributed by atoms with E-state index < -0.39 is 5.91 Å². The Kier molecular flexibility index (Phi) is 4.45. The van der Waals surface area contributed by atoms with E-state index in [-0.39, 0.29) is 5.03 Å². The number of carbonyl (C=O) groups excluding carboxylic acids is 1. The van der Waals surface area contributed by atoms with Crippen molar-refractivity contribution in [3.63, 3.8) is 0 Å². The Morgan fingerprint density at radius 2 is 1.93 bits per heavy atom. The highest BCUT2D eigenvalue weighted by Gasteiger charge is 2.05. The lowest BCUT2D eigenvalue weighted by atomic mass is 10.3. The maximum atomic E-state index is 11.2. The molecule has 0 aliphatic rings. The molecule has 0 saturated heterocycles. The number of rotatable bonds is 2. The van der Waals surface area contributed by atoms with Gasteiger partial charge in [0.15, 0.2) is 0 Å². The second-order valence-corrected chi connectivity index (χ2v) is 3.96. The molecule has 1 aromatic rings. The molecule has 0 bridgehead atoms. The normalized spacial score (nSPS) is 11.2. The van der Waals surface area contributed by atoms with Gasteiger partial charge < -0.3 is 5.32 Å². The van der Waals surface area contributed by atoms with Crippen molar-refractivity contribution < 1.29 is 4.79 Å². The quantitative estimate of drug-likeness (QED) is 0.828. The number of nitrogens with one attached hydrogen (secondary N) is 1. The fraction of sp³-hybridized carbons (Fsp3) is 0. The van der Waals surface area contributed by atoms with Crippen molar-refractivity contribution in [3.05, 3.63) is 39.3 Å². The number of amides is 1. The summed E-state index contributed by atoms with van der Waals surface area (Å²) in [5, 5.41) is 2.53. The van der Waals surface area contributed by atoms with Gasteiger partial charge in [-0.05, 0) is 24.3 Å². The van der Waals surface area contributed by atoms with Crippen LogP contribution in [0.4, 0.5) is 5.69 Å². The number of carbonyl (C=O) groups is 1. The molecule has 0 spiro atoms. The Balaban J connectivity index is 2.70. The zero-order chi connectivity index (χ0) is 10.6. The summed E-state index contributed by atoms with van der Waals surface area (Å²) in [5.41, 5.74) is 1.69. The van der Waals surface area contributed by atoms with Crippen LogP contribution < -0.4 is 5.32 Å². The van der Waals surface area contributed by atoms with Crippen molar-refractivity contribution in [3.8, 4) is 0 Å². The second-order valence-electron chi connectivity index (χ2n) is 2.42. The molecule has 0 fully saturated rings. The monoisotopic (exact) mass is 293 g/mol. The zero-order valence-electron chi connectivity index (χ0n) is 6.93. The first kappa shape index (κ1) is 11.6. The number of hydrogen-bond donors (Lipinski definition) is 1. The van der Waals surface area contributed by atoms with Gasteiger partial charge in [-0.2, -0.15) is 0 Å². The molecule has 1 aromatic carbocycles. The molecule has 0 unspecified atom stereocenters. The largest absolute Gasteiger partial charge is 0.321 e. The Hall–Kier alpha value is -0.510. The SMILES string of the molecule is O=C(Nc1ccc(Br)cc1)/C(Cl)=C/Cl. The highest BCUT2D eigenvalue weighted by atomic mass is 79.9. The van der Waals surface area contributed by atoms with E-state index >= 15 is 0 Å². The summed E-state index contributed by atoms with van der Waals surface area (Å²) in [6.07, 6.45) is 0. The molecule has 2 nitrogen and oxygen atoms in total. The molecule has 0 heterocycles. The minimum absolute atomic E-state index is 0.0467. The fourth-order valence-corrected chi connectivity index (χ4v) is 1.18. The molecule has 0 aliphatic heterocycles. The van der Waals surface area contributed by atoms with Crippen molar-refractivity contribution in [1.29, 1.82) is 0 Å². The maximum Gasteiger partial charge on any atom is 0.268 e. The molecule has 5 heteroatoms. The van der Waals surface area contributed by atoms with Gasteiger partial charge >= 0.3 is 0 Å². The van der Waals surface area contributed by atoms with Crippen LogP contribution in [-0.2, 0) is 4.79 Å². The molecule has 1 amide bonds. The van der Waals surface area contributed by atoms with Gasteiger partial charge in [0.2, 0.25) is 0 Å².